The number of carbonyl (C=O) groups excluding carboxylic acids is 1. The van der Waals surface area contributed by atoms with Gasteiger partial charge in [0.2, 0.25) is 0 Å². The summed E-state index contributed by atoms with van der Waals surface area (Å²) >= 11 is 0. The van der Waals surface area contributed by atoms with Crippen LogP contribution in [0.2, 0.25) is 0 Å². The van der Waals surface area contributed by atoms with Crippen LogP contribution >= 0.6 is 0 Å². The van der Waals surface area contributed by atoms with E-state index in [1.54, 1.807) is 0 Å². The molecule has 0 unspecified atom stereocenters. The summed E-state index contributed by atoms with van der Waals surface area (Å²) in [6.45, 7) is 0. The SMILES string of the molecule is O=Cc1ccc(O)c(N=Nc2ncn[nH]2)c1. The minimum Gasteiger partial charge on any atom is -0.506 e. The van der Waals surface area contributed by atoms with Gasteiger partial charge in [0.15, 0.2) is 0 Å². The number of phenols is 1. The molecule has 0 atom stereocenters. The first-order chi connectivity index (χ1) is 7.79. The lowest BCUT2D eigenvalue weighted by molar-refractivity contribution is 0.112. The fraction of sp³-hybridized carbons (Fsp3) is 0. The van der Waals surface area contributed by atoms with Crippen molar-refractivity contribution < 1.29 is 9.90 Å². The second-order valence-electron chi connectivity index (χ2n) is 2.88. The molecule has 1 aromatic heterocycles. The van der Waals surface area contributed by atoms with E-state index in [0.29, 0.717) is 11.8 Å². The molecule has 7 heteroatoms. The summed E-state index contributed by atoms with van der Waals surface area (Å²) in [5, 5.41) is 22.9. The van der Waals surface area contributed by atoms with Gasteiger partial charge in [0.05, 0.1) is 0 Å². The molecule has 0 radical (unpaired) electrons. The number of H-pyrrole nitrogens is 1. The number of hydrogen-bond acceptors (Lipinski definition) is 6. The molecular weight excluding hydrogens is 210 g/mol. The number of azo groups is 1. The standard InChI is InChI=1S/C9H7N5O2/c15-4-6-1-2-8(16)7(3-6)12-14-9-10-5-11-13-9/h1-5,16H,(H,10,11,13). The number of nitrogens with one attached hydrogen (secondary N) is 1. The topological polar surface area (TPSA) is 104 Å². The number of aromatic amines is 1. The number of aromatic nitrogens is 3. The summed E-state index contributed by atoms with van der Waals surface area (Å²) in [7, 11) is 0. The van der Waals surface area contributed by atoms with E-state index in [9.17, 15) is 9.90 Å². The molecule has 0 amide bonds. The van der Waals surface area contributed by atoms with E-state index in [0.717, 1.165) is 0 Å². The zero-order chi connectivity index (χ0) is 11.4. The Bertz CT molecular complexity index is 521. The molecule has 0 aliphatic rings. The van der Waals surface area contributed by atoms with E-state index in [2.05, 4.69) is 25.4 Å². The van der Waals surface area contributed by atoms with E-state index in [1.165, 1.54) is 24.5 Å². The fourth-order valence-corrected chi connectivity index (χ4v) is 1.04. The van der Waals surface area contributed by atoms with Crippen molar-refractivity contribution in [2.24, 2.45) is 10.2 Å². The first-order valence-electron chi connectivity index (χ1n) is 4.35. The van der Waals surface area contributed by atoms with Crippen molar-refractivity contribution in [2.75, 3.05) is 0 Å². The highest BCUT2D eigenvalue weighted by molar-refractivity contribution is 5.77. The van der Waals surface area contributed by atoms with Gasteiger partial charge >= 0.3 is 0 Å². The molecule has 0 spiro atoms. The summed E-state index contributed by atoms with van der Waals surface area (Å²) < 4.78 is 0. The van der Waals surface area contributed by atoms with Crippen LogP contribution in [0.15, 0.2) is 34.8 Å². The molecule has 2 rings (SSSR count). The monoisotopic (exact) mass is 217 g/mol. The Kier molecular flexibility index (Phi) is 2.68. The predicted molar refractivity (Wildman–Crippen MR) is 54.1 cm³/mol. The molecule has 0 saturated carbocycles. The van der Waals surface area contributed by atoms with Crippen molar-refractivity contribution in [3.63, 3.8) is 0 Å². The minimum atomic E-state index is -0.0612. The molecule has 1 heterocycles. The van der Waals surface area contributed by atoms with E-state index in [-0.39, 0.29) is 17.4 Å². The van der Waals surface area contributed by atoms with Gasteiger partial charge in [-0.3, -0.25) is 4.79 Å². The summed E-state index contributed by atoms with van der Waals surface area (Å²) in [5.74, 6) is 0.157. The number of aromatic hydroxyl groups is 1. The van der Waals surface area contributed by atoms with Crippen molar-refractivity contribution in [1.29, 1.82) is 0 Å². The van der Waals surface area contributed by atoms with Crippen LogP contribution in [0.4, 0.5) is 11.6 Å². The first-order valence-corrected chi connectivity index (χ1v) is 4.35. The first kappa shape index (κ1) is 9.97. The molecule has 0 aliphatic carbocycles. The molecule has 2 N–H and O–H groups in total. The number of phenolic OH excluding ortho intramolecular Hbond substituents is 1. The normalized spacial score (nSPS) is 10.8. The smallest absolute Gasteiger partial charge is 0.264 e. The highest BCUT2D eigenvalue weighted by Crippen LogP contribution is 2.27. The van der Waals surface area contributed by atoms with Crippen LogP contribution in [-0.2, 0) is 0 Å². The maximum Gasteiger partial charge on any atom is 0.264 e. The highest BCUT2D eigenvalue weighted by Gasteiger charge is 2.01. The van der Waals surface area contributed by atoms with Crippen LogP contribution < -0.4 is 0 Å². The van der Waals surface area contributed by atoms with Gasteiger partial charge in [-0.2, -0.15) is 10.1 Å². The van der Waals surface area contributed by atoms with Gasteiger partial charge in [-0.1, -0.05) is 0 Å². The van der Waals surface area contributed by atoms with E-state index in [4.69, 9.17) is 0 Å². The van der Waals surface area contributed by atoms with Crippen LogP contribution in [0.1, 0.15) is 10.4 Å². The van der Waals surface area contributed by atoms with Gasteiger partial charge in [0, 0.05) is 5.56 Å². The maximum atomic E-state index is 10.5. The van der Waals surface area contributed by atoms with Crippen LogP contribution in [0.3, 0.4) is 0 Å². The molecule has 80 valence electrons. The predicted octanol–water partition coefficient (Wildman–Crippen LogP) is 1.74. The zero-order valence-electron chi connectivity index (χ0n) is 8.03. The number of aldehydes is 1. The van der Waals surface area contributed by atoms with Gasteiger partial charge in [-0.05, 0) is 18.2 Å². The zero-order valence-corrected chi connectivity index (χ0v) is 8.03. The lowest BCUT2D eigenvalue weighted by Gasteiger charge is -1.97. The number of rotatable bonds is 3. The number of nitrogens with zero attached hydrogens (tertiary/aromatic N) is 4. The Balaban J connectivity index is 2.30. The summed E-state index contributed by atoms with van der Waals surface area (Å²) in [6.07, 6.45) is 1.95. The van der Waals surface area contributed by atoms with Gasteiger partial charge in [0.25, 0.3) is 5.95 Å². The molecule has 0 saturated heterocycles. The van der Waals surface area contributed by atoms with Gasteiger partial charge in [-0.15, -0.1) is 10.2 Å². The molecule has 1 aromatic carbocycles. The summed E-state index contributed by atoms with van der Waals surface area (Å²) in [4.78, 5) is 14.2. The quantitative estimate of drug-likeness (QED) is 0.603. The van der Waals surface area contributed by atoms with Gasteiger partial charge in [-0.25, -0.2) is 5.10 Å². The number of hydrogen-bond donors (Lipinski definition) is 2. The minimum absolute atomic E-state index is 0.0612. The van der Waals surface area contributed by atoms with E-state index >= 15 is 0 Å². The number of benzene rings is 1. The Hall–Kier alpha value is -2.57. The van der Waals surface area contributed by atoms with Crippen molar-refractivity contribution >= 4 is 17.9 Å². The largest absolute Gasteiger partial charge is 0.506 e. The Morgan fingerprint density at radius 3 is 2.94 bits per heavy atom. The second kappa shape index (κ2) is 4.30. The Morgan fingerprint density at radius 1 is 1.38 bits per heavy atom. The average molecular weight is 217 g/mol. The lowest BCUT2D eigenvalue weighted by atomic mass is 10.2. The molecular formula is C9H7N5O2. The average Bonchev–Trinajstić information content (AvgIpc) is 2.81. The fourth-order valence-electron chi connectivity index (χ4n) is 1.04. The Morgan fingerprint density at radius 2 is 2.25 bits per heavy atom. The third kappa shape index (κ3) is 2.08. The van der Waals surface area contributed by atoms with Crippen molar-refractivity contribution in [3.8, 4) is 5.75 Å². The van der Waals surface area contributed by atoms with Gasteiger partial charge in [0.1, 0.15) is 24.1 Å². The van der Waals surface area contributed by atoms with Crippen molar-refractivity contribution in [3.05, 3.63) is 30.1 Å². The van der Waals surface area contributed by atoms with Crippen molar-refractivity contribution in [2.45, 2.75) is 0 Å². The molecule has 0 aliphatic heterocycles. The summed E-state index contributed by atoms with van der Waals surface area (Å²) in [6, 6.07) is 4.27. The van der Waals surface area contributed by atoms with Gasteiger partial charge < -0.3 is 5.11 Å². The van der Waals surface area contributed by atoms with Crippen LogP contribution in [0.25, 0.3) is 0 Å². The summed E-state index contributed by atoms with van der Waals surface area (Å²) in [5.41, 5.74) is 0.602. The second-order valence-corrected chi connectivity index (χ2v) is 2.88. The van der Waals surface area contributed by atoms with Crippen LogP contribution in [0, 0.1) is 0 Å². The third-order valence-corrected chi connectivity index (χ3v) is 1.79. The van der Waals surface area contributed by atoms with E-state index in [1.807, 2.05) is 0 Å². The van der Waals surface area contributed by atoms with Crippen LogP contribution in [0.5, 0.6) is 5.75 Å². The number of carbonyl (C=O) groups is 1. The third-order valence-electron chi connectivity index (χ3n) is 1.79. The molecule has 0 bridgehead atoms. The van der Waals surface area contributed by atoms with Crippen LogP contribution in [-0.4, -0.2) is 26.6 Å². The van der Waals surface area contributed by atoms with Crippen molar-refractivity contribution in [1.82, 2.24) is 15.2 Å². The van der Waals surface area contributed by atoms with E-state index < -0.39 is 0 Å². The lowest BCUT2D eigenvalue weighted by Crippen LogP contribution is -1.78. The highest BCUT2D eigenvalue weighted by atomic mass is 16.3. The molecule has 7 nitrogen and oxygen atoms in total. The molecule has 2 aromatic rings. The Labute approximate surface area is 89.9 Å². The maximum absolute atomic E-state index is 10.5. The molecule has 0 fully saturated rings. The molecule has 16 heavy (non-hydrogen) atoms.